The first-order valence-corrected chi connectivity index (χ1v) is 8.87. The molecule has 0 radical (unpaired) electrons. The molecule has 2 aromatic carbocycles. The third kappa shape index (κ3) is 3.65. The van der Waals surface area contributed by atoms with Gasteiger partial charge in [0, 0.05) is 16.8 Å². The number of aromatic nitrogens is 4. The van der Waals surface area contributed by atoms with Crippen LogP contribution in [-0.4, -0.2) is 32.0 Å². The molecule has 0 saturated heterocycles. The molecular formula is C20H18N6O3. The zero-order valence-corrected chi connectivity index (χ0v) is 15.7. The number of hydrogen-bond donors (Lipinski definition) is 5. The summed E-state index contributed by atoms with van der Waals surface area (Å²) in [7, 11) is 0. The van der Waals surface area contributed by atoms with Crippen LogP contribution >= 0.6 is 0 Å². The van der Waals surface area contributed by atoms with Crippen LogP contribution in [0.4, 0.5) is 11.4 Å². The third-order valence-corrected chi connectivity index (χ3v) is 4.55. The van der Waals surface area contributed by atoms with Gasteiger partial charge in [0.05, 0.1) is 28.1 Å². The molecule has 146 valence electrons. The van der Waals surface area contributed by atoms with Crippen LogP contribution in [0.2, 0.25) is 0 Å². The zero-order valence-electron chi connectivity index (χ0n) is 15.7. The second kappa shape index (κ2) is 7.12. The minimum atomic E-state index is -0.327. The van der Waals surface area contributed by atoms with E-state index in [2.05, 4.69) is 30.8 Å². The standard InChI is InChI=1S/C20H18N6O3/c1-10-17(11(2)26-25-10)24-18(27)12-3-6-14(7-4-12)21-19(28)13-5-8-15-16(9-13)23-20(29)22-15/h3-9H,1-2H3,(H,21,28)(H,24,27)(H,25,26)(H2,22,23,29). The maximum absolute atomic E-state index is 12.5. The summed E-state index contributed by atoms with van der Waals surface area (Å²) in [6, 6.07) is 11.4. The second-order valence-electron chi connectivity index (χ2n) is 6.63. The number of imidazole rings is 1. The van der Waals surface area contributed by atoms with E-state index in [0.717, 1.165) is 5.69 Å². The van der Waals surface area contributed by atoms with Crippen molar-refractivity contribution < 1.29 is 9.59 Å². The van der Waals surface area contributed by atoms with Crippen LogP contribution in [-0.2, 0) is 0 Å². The van der Waals surface area contributed by atoms with E-state index >= 15 is 0 Å². The zero-order chi connectivity index (χ0) is 20.5. The lowest BCUT2D eigenvalue weighted by Crippen LogP contribution is -2.14. The van der Waals surface area contributed by atoms with Crippen molar-refractivity contribution in [3.63, 3.8) is 0 Å². The van der Waals surface area contributed by atoms with Gasteiger partial charge in [0.25, 0.3) is 11.8 Å². The number of aromatic amines is 3. The van der Waals surface area contributed by atoms with Crippen LogP contribution in [0.1, 0.15) is 32.1 Å². The number of H-pyrrole nitrogens is 3. The number of aryl methyl sites for hydroxylation is 2. The Morgan fingerprint density at radius 2 is 1.52 bits per heavy atom. The van der Waals surface area contributed by atoms with Gasteiger partial charge in [-0.3, -0.25) is 14.7 Å². The molecule has 2 amide bonds. The first kappa shape index (κ1) is 18.2. The minimum absolute atomic E-state index is 0.266. The molecule has 0 atom stereocenters. The van der Waals surface area contributed by atoms with Gasteiger partial charge in [-0.25, -0.2) is 4.79 Å². The Hall–Kier alpha value is -4.14. The lowest BCUT2D eigenvalue weighted by atomic mass is 10.1. The first-order chi connectivity index (χ1) is 13.9. The maximum atomic E-state index is 12.5. The summed E-state index contributed by atoms with van der Waals surface area (Å²) in [5.74, 6) is -0.590. The quantitative estimate of drug-likeness (QED) is 0.366. The molecule has 2 heterocycles. The summed E-state index contributed by atoms with van der Waals surface area (Å²) < 4.78 is 0. The molecule has 0 aliphatic heterocycles. The van der Waals surface area contributed by atoms with E-state index in [9.17, 15) is 14.4 Å². The Morgan fingerprint density at radius 3 is 2.21 bits per heavy atom. The third-order valence-electron chi connectivity index (χ3n) is 4.55. The van der Waals surface area contributed by atoms with Crippen LogP contribution < -0.4 is 16.3 Å². The Bertz CT molecular complexity index is 1260. The molecule has 0 unspecified atom stereocenters. The molecular weight excluding hydrogens is 372 g/mol. The van der Waals surface area contributed by atoms with Gasteiger partial charge in [0.15, 0.2) is 0 Å². The molecule has 0 aliphatic carbocycles. The lowest BCUT2D eigenvalue weighted by Gasteiger charge is -2.08. The summed E-state index contributed by atoms with van der Waals surface area (Å²) in [5, 5.41) is 12.5. The molecule has 0 saturated carbocycles. The van der Waals surface area contributed by atoms with Gasteiger partial charge < -0.3 is 20.6 Å². The second-order valence-corrected chi connectivity index (χ2v) is 6.63. The molecule has 9 heteroatoms. The van der Waals surface area contributed by atoms with Crippen molar-refractivity contribution in [1.29, 1.82) is 0 Å². The van der Waals surface area contributed by atoms with Crippen molar-refractivity contribution in [2.24, 2.45) is 0 Å². The van der Waals surface area contributed by atoms with Gasteiger partial charge >= 0.3 is 5.69 Å². The fourth-order valence-corrected chi connectivity index (χ4v) is 3.00. The fourth-order valence-electron chi connectivity index (χ4n) is 3.00. The van der Waals surface area contributed by atoms with Crippen LogP contribution in [0.5, 0.6) is 0 Å². The highest BCUT2D eigenvalue weighted by Crippen LogP contribution is 2.18. The Labute approximate surface area is 164 Å². The van der Waals surface area contributed by atoms with Gasteiger partial charge in [-0.1, -0.05) is 0 Å². The fraction of sp³-hybridized carbons (Fsp3) is 0.100. The van der Waals surface area contributed by atoms with Crippen LogP contribution in [0.15, 0.2) is 47.3 Å². The average Bonchev–Trinajstić information content (AvgIpc) is 3.23. The van der Waals surface area contributed by atoms with Crippen LogP contribution in [0.25, 0.3) is 11.0 Å². The molecule has 0 aliphatic rings. The largest absolute Gasteiger partial charge is 0.323 e. The van der Waals surface area contributed by atoms with Gasteiger partial charge in [-0.2, -0.15) is 5.10 Å². The first-order valence-electron chi connectivity index (χ1n) is 8.87. The lowest BCUT2D eigenvalue weighted by molar-refractivity contribution is 0.102. The molecule has 5 N–H and O–H groups in total. The molecule has 9 nitrogen and oxygen atoms in total. The smallest absolute Gasteiger partial charge is 0.322 e. The Balaban J connectivity index is 1.46. The summed E-state index contributed by atoms with van der Waals surface area (Å²) in [4.78, 5) is 41.5. The minimum Gasteiger partial charge on any atom is -0.322 e. The number of fused-ring (bicyclic) bond motifs is 1. The van der Waals surface area contributed by atoms with Crippen LogP contribution in [0, 0.1) is 13.8 Å². The van der Waals surface area contributed by atoms with Gasteiger partial charge in [0.1, 0.15) is 0 Å². The molecule has 0 spiro atoms. The number of hydrogen-bond acceptors (Lipinski definition) is 4. The van der Waals surface area contributed by atoms with E-state index in [1.165, 1.54) is 0 Å². The number of anilines is 2. The number of benzene rings is 2. The molecule has 2 aromatic heterocycles. The maximum Gasteiger partial charge on any atom is 0.323 e. The highest BCUT2D eigenvalue weighted by atomic mass is 16.2. The van der Waals surface area contributed by atoms with Crippen LogP contribution in [0.3, 0.4) is 0 Å². The van der Waals surface area contributed by atoms with E-state index in [1.807, 2.05) is 6.92 Å². The van der Waals surface area contributed by atoms with Crippen molar-refractivity contribution >= 4 is 34.2 Å². The molecule has 0 fully saturated rings. The van der Waals surface area contributed by atoms with Crippen molar-refractivity contribution in [1.82, 2.24) is 20.2 Å². The molecule has 4 rings (SSSR count). The SMILES string of the molecule is Cc1n[nH]c(C)c1NC(=O)c1ccc(NC(=O)c2ccc3[nH]c(=O)[nH]c3c2)cc1. The summed E-state index contributed by atoms with van der Waals surface area (Å²) in [5.41, 5.74) is 4.41. The van der Waals surface area contributed by atoms with E-state index in [1.54, 1.807) is 49.4 Å². The number of nitrogens with zero attached hydrogens (tertiary/aromatic N) is 1. The van der Waals surface area contributed by atoms with Gasteiger partial charge in [0.2, 0.25) is 0 Å². The number of nitrogens with one attached hydrogen (secondary N) is 5. The predicted molar refractivity (Wildman–Crippen MR) is 109 cm³/mol. The van der Waals surface area contributed by atoms with Crippen molar-refractivity contribution in [3.05, 3.63) is 75.5 Å². The van der Waals surface area contributed by atoms with Crippen molar-refractivity contribution in [2.75, 3.05) is 10.6 Å². The topological polar surface area (TPSA) is 136 Å². The van der Waals surface area contributed by atoms with E-state index in [-0.39, 0.29) is 17.5 Å². The highest BCUT2D eigenvalue weighted by molar-refractivity contribution is 6.07. The molecule has 29 heavy (non-hydrogen) atoms. The number of carbonyl (C=O) groups excluding carboxylic acids is 2. The normalized spacial score (nSPS) is 10.8. The van der Waals surface area contributed by atoms with Gasteiger partial charge in [-0.05, 0) is 56.3 Å². The molecule has 0 bridgehead atoms. The van der Waals surface area contributed by atoms with E-state index in [0.29, 0.717) is 39.2 Å². The molecule has 4 aromatic rings. The average molecular weight is 390 g/mol. The number of rotatable bonds is 4. The van der Waals surface area contributed by atoms with Crippen molar-refractivity contribution in [3.8, 4) is 0 Å². The Kier molecular flexibility index (Phi) is 4.47. The summed E-state index contributed by atoms with van der Waals surface area (Å²) >= 11 is 0. The Morgan fingerprint density at radius 1 is 0.862 bits per heavy atom. The predicted octanol–water partition coefficient (Wildman–Crippen LogP) is 2.70. The summed E-state index contributed by atoms with van der Waals surface area (Å²) in [6.45, 7) is 3.63. The number of amides is 2. The van der Waals surface area contributed by atoms with E-state index in [4.69, 9.17) is 0 Å². The van der Waals surface area contributed by atoms with Crippen molar-refractivity contribution in [2.45, 2.75) is 13.8 Å². The summed E-state index contributed by atoms with van der Waals surface area (Å²) in [6.07, 6.45) is 0. The van der Waals surface area contributed by atoms with E-state index < -0.39 is 0 Å². The monoisotopic (exact) mass is 390 g/mol. The highest BCUT2D eigenvalue weighted by Gasteiger charge is 2.13. The number of carbonyl (C=O) groups is 2. The van der Waals surface area contributed by atoms with Gasteiger partial charge in [-0.15, -0.1) is 0 Å².